The largest absolute Gasteiger partial charge is 0.454 e. The number of ether oxygens (including phenoxy) is 2. The summed E-state index contributed by atoms with van der Waals surface area (Å²) in [5, 5.41) is 5.81. The Balaban J connectivity index is 1.44. The molecule has 0 saturated heterocycles. The minimum atomic E-state index is -0.326. The third kappa shape index (κ3) is 3.30. The molecule has 130 valence electrons. The Hall–Kier alpha value is -3.54. The van der Waals surface area contributed by atoms with Gasteiger partial charge in [0.2, 0.25) is 6.79 Å². The Morgan fingerprint density at radius 2 is 1.62 bits per heavy atom. The van der Waals surface area contributed by atoms with Gasteiger partial charge in [-0.15, -0.1) is 0 Å². The van der Waals surface area contributed by atoms with Crippen LogP contribution in [0.2, 0.25) is 0 Å². The Morgan fingerprint density at radius 3 is 2.42 bits per heavy atom. The molecule has 1 aliphatic heterocycles. The second kappa shape index (κ2) is 6.76. The zero-order valence-corrected chi connectivity index (χ0v) is 13.7. The van der Waals surface area contributed by atoms with Gasteiger partial charge in [-0.25, -0.2) is 4.39 Å². The van der Waals surface area contributed by atoms with Crippen molar-refractivity contribution in [3.63, 3.8) is 0 Å². The van der Waals surface area contributed by atoms with E-state index in [-0.39, 0.29) is 18.5 Å². The van der Waals surface area contributed by atoms with Crippen molar-refractivity contribution in [2.75, 3.05) is 17.4 Å². The van der Waals surface area contributed by atoms with E-state index in [1.165, 1.54) is 6.07 Å². The molecule has 0 spiro atoms. The first kappa shape index (κ1) is 16.0. The molecular formula is C20H15FN2O3. The topological polar surface area (TPSA) is 59.6 Å². The van der Waals surface area contributed by atoms with Crippen molar-refractivity contribution in [2.24, 2.45) is 0 Å². The van der Waals surface area contributed by atoms with E-state index >= 15 is 0 Å². The molecule has 3 aromatic rings. The number of nitrogens with one attached hydrogen (secondary N) is 2. The molecule has 3 aromatic carbocycles. The average molecular weight is 350 g/mol. The number of fused-ring (bicyclic) bond motifs is 1. The van der Waals surface area contributed by atoms with Crippen LogP contribution in [0.25, 0.3) is 0 Å². The molecule has 0 atom stereocenters. The van der Waals surface area contributed by atoms with Crippen LogP contribution in [0.5, 0.6) is 11.5 Å². The van der Waals surface area contributed by atoms with Crippen LogP contribution in [-0.4, -0.2) is 12.7 Å². The maximum Gasteiger partial charge on any atom is 0.255 e. The summed E-state index contributed by atoms with van der Waals surface area (Å²) in [7, 11) is 0. The molecule has 0 radical (unpaired) electrons. The molecule has 0 unspecified atom stereocenters. The van der Waals surface area contributed by atoms with E-state index in [1.807, 2.05) is 0 Å². The predicted molar refractivity (Wildman–Crippen MR) is 96.6 cm³/mol. The Kier molecular flexibility index (Phi) is 4.15. The first-order chi connectivity index (χ1) is 12.7. The molecule has 1 heterocycles. The van der Waals surface area contributed by atoms with Gasteiger partial charge >= 0.3 is 0 Å². The van der Waals surface area contributed by atoms with E-state index in [2.05, 4.69) is 10.6 Å². The van der Waals surface area contributed by atoms with Crippen molar-refractivity contribution < 1.29 is 18.7 Å². The Morgan fingerprint density at radius 1 is 0.885 bits per heavy atom. The van der Waals surface area contributed by atoms with Gasteiger partial charge in [0.1, 0.15) is 5.82 Å². The maximum atomic E-state index is 13.7. The fourth-order valence-electron chi connectivity index (χ4n) is 2.60. The smallest absolute Gasteiger partial charge is 0.255 e. The lowest BCUT2D eigenvalue weighted by molar-refractivity contribution is 0.102. The molecule has 4 rings (SSSR count). The number of anilines is 3. The molecule has 1 amide bonds. The van der Waals surface area contributed by atoms with Crippen molar-refractivity contribution in [1.29, 1.82) is 0 Å². The number of amides is 1. The summed E-state index contributed by atoms with van der Waals surface area (Å²) in [6.07, 6.45) is 0. The highest BCUT2D eigenvalue weighted by molar-refractivity contribution is 6.04. The number of carbonyl (C=O) groups excluding carboxylic acids is 1. The molecule has 26 heavy (non-hydrogen) atoms. The van der Waals surface area contributed by atoms with E-state index in [9.17, 15) is 9.18 Å². The van der Waals surface area contributed by atoms with Crippen LogP contribution in [0.1, 0.15) is 10.4 Å². The second-order valence-corrected chi connectivity index (χ2v) is 5.70. The second-order valence-electron chi connectivity index (χ2n) is 5.70. The van der Waals surface area contributed by atoms with Crippen molar-refractivity contribution in [2.45, 2.75) is 0 Å². The Bertz CT molecular complexity index is 958. The van der Waals surface area contributed by atoms with Gasteiger partial charge in [-0.3, -0.25) is 4.79 Å². The van der Waals surface area contributed by atoms with Gasteiger partial charge in [-0.05, 0) is 54.6 Å². The van der Waals surface area contributed by atoms with Crippen molar-refractivity contribution in [1.82, 2.24) is 0 Å². The molecule has 0 fully saturated rings. The summed E-state index contributed by atoms with van der Waals surface area (Å²) in [5.74, 6) is 0.609. The first-order valence-corrected chi connectivity index (χ1v) is 8.02. The van der Waals surface area contributed by atoms with Gasteiger partial charge < -0.3 is 20.1 Å². The first-order valence-electron chi connectivity index (χ1n) is 8.02. The fraction of sp³-hybridized carbons (Fsp3) is 0.0500. The van der Waals surface area contributed by atoms with Crippen molar-refractivity contribution in [3.05, 3.63) is 78.1 Å². The van der Waals surface area contributed by atoms with Gasteiger partial charge in [0, 0.05) is 16.9 Å². The number of benzene rings is 3. The van der Waals surface area contributed by atoms with Crippen LogP contribution in [0, 0.1) is 5.82 Å². The zero-order valence-electron chi connectivity index (χ0n) is 13.7. The summed E-state index contributed by atoms with van der Waals surface area (Å²) in [6.45, 7) is 0.164. The van der Waals surface area contributed by atoms with Crippen LogP contribution in [-0.2, 0) is 0 Å². The number of carbonyl (C=O) groups is 1. The predicted octanol–water partition coefficient (Wildman–Crippen LogP) is 4.55. The molecule has 5 nitrogen and oxygen atoms in total. The number of para-hydroxylation sites is 1. The number of hydrogen-bond acceptors (Lipinski definition) is 4. The van der Waals surface area contributed by atoms with E-state index < -0.39 is 0 Å². The zero-order chi connectivity index (χ0) is 17.9. The van der Waals surface area contributed by atoms with Gasteiger partial charge in [0.25, 0.3) is 5.91 Å². The van der Waals surface area contributed by atoms with Gasteiger partial charge in [-0.2, -0.15) is 0 Å². The normalized spacial score (nSPS) is 11.9. The van der Waals surface area contributed by atoms with Crippen molar-refractivity contribution >= 4 is 23.0 Å². The molecule has 0 aromatic heterocycles. The fourth-order valence-corrected chi connectivity index (χ4v) is 2.60. The van der Waals surface area contributed by atoms with E-state index in [4.69, 9.17) is 9.47 Å². The molecule has 0 aliphatic carbocycles. The highest BCUT2D eigenvalue weighted by Crippen LogP contribution is 2.32. The highest BCUT2D eigenvalue weighted by Gasteiger charge is 2.16. The van der Waals surface area contributed by atoms with E-state index in [0.29, 0.717) is 28.4 Å². The van der Waals surface area contributed by atoms with Crippen molar-refractivity contribution in [3.8, 4) is 11.5 Å². The standard InChI is InChI=1S/C20H15FN2O3/c21-16-3-1-2-4-17(16)22-14-6-8-15(9-7-14)23-20(24)13-5-10-18-19(11-13)26-12-25-18/h1-11,22H,12H2,(H,23,24). The SMILES string of the molecule is O=C(Nc1ccc(Nc2ccccc2F)cc1)c1ccc2c(c1)OCO2. The van der Waals surface area contributed by atoms with Crippen LogP contribution in [0.15, 0.2) is 66.7 Å². The maximum absolute atomic E-state index is 13.7. The van der Waals surface area contributed by atoms with E-state index in [1.54, 1.807) is 60.7 Å². The third-order valence-electron chi connectivity index (χ3n) is 3.93. The lowest BCUT2D eigenvalue weighted by Gasteiger charge is -2.09. The van der Waals surface area contributed by atoms with Crippen LogP contribution in [0.3, 0.4) is 0 Å². The summed E-state index contributed by atoms with van der Waals surface area (Å²) in [5.41, 5.74) is 2.22. The molecule has 1 aliphatic rings. The third-order valence-corrected chi connectivity index (χ3v) is 3.93. The highest BCUT2D eigenvalue weighted by atomic mass is 19.1. The minimum Gasteiger partial charge on any atom is -0.454 e. The lowest BCUT2D eigenvalue weighted by Crippen LogP contribution is -2.11. The number of rotatable bonds is 4. The number of halogens is 1. The molecule has 2 N–H and O–H groups in total. The average Bonchev–Trinajstić information content (AvgIpc) is 3.13. The van der Waals surface area contributed by atoms with E-state index in [0.717, 1.165) is 5.69 Å². The molecule has 6 heteroatoms. The van der Waals surface area contributed by atoms with Gasteiger partial charge in [0.05, 0.1) is 5.69 Å². The lowest BCUT2D eigenvalue weighted by atomic mass is 10.2. The molecule has 0 bridgehead atoms. The Labute approximate surface area is 149 Å². The van der Waals surface area contributed by atoms with Crippen LogP contribution >= 0.6 is 0 Å². The van der Waals surface area contributed by atoms with Crippen LogP contribution in [0.4, 0.5) is 21.5 Å². The minimum absolute atomic E-state index is 0.164. The summed E-state index contributed by atoms with van der Waals surface area (Å²) in [4.78, 5) is 12.4. The van der Waals surface area contributed by atoms with Gasteiger partial charge in [0.15, 0.2) is 11.5 Å². The molecule has 0 saturated carbocycles. The quantitative estimate of drug-likeness (QED) is 0.725. The summed E-state index contributed by atoms with van der Waals surface area (Å²) < 4.78 is 24.2. The summed E-state index contributed by atoms with van der Waals surface area (Å²) >= 11 is 0. The molecular weight excluding hydrogens is 335 g/mol. The number of hydrogen-bond donors (Lipinski definition) is 2. The monoisotopic (exact) mass is 350 g/mol. The summed E-state index contributed by atoms with van der Waals surface area (Å²) in [6, 6.07) is 18.5. The van der Waals surface area contributed by atoms with Gasteiger partial charge in [-0.1, -0.05) is 12.1 Å². The van der Waals surface area contributed by atoms with Crippen LogP contribution < -0.4 is 20.1 Å².